The van der Waals surface area contributed by atoms with Gasteiger partial charge in [-0.25, -0.2) is 0 Å². The van der Waals surface area contributed by atoms with E-state index in [-0.39, 0.29) is 9.90 Å². The molecule has 6 heteroatoms. The number of ether oxygens (including phenoxy) is 2. The molecule has 2 aliphatic rings. The van der Waals surface area contributed by atoms with Crippen molar-refractivity contribution in [1.29, 1.82) is 0 Å². The first-order chi connectivity index (χ1) is 9.36. The van der Waals surface area contributed by atoms with Crippen LogP contribution in [0.1, 0.15) is 0 Å². The Hall–Kier alpha value is -0.311. The third-order valence-corrected chi connectivity index (χ3v) is 4.35. The normalized spacial score (nSPS) is 19.6. The van der Waals surface area contributed by atoms with Gasteiger partial charge in [0.1, 0.15) is 0 Å². The number of hydrogen-bond donors (Lipinski definition) is 0. The number of para-hydroxylation sites is 1. The van der Waals surface area contributed by atoms with E-state index in [1.807, 2.05) is 0 Å². The van der Waals surface area contributed by atoms with E-state index in [9.17, 15) is 0 Å². The molecule has 2 heterocycles. The van der Waals surface area contributed by atoms with Crippen LogP contribution in [0.25, 0.3) is 0 Å². The van der Waals surface area contributed by atoms with Crippen molar-refractivity contribution in [2.24, 2.45) is 0 Å². The van der Waals surface area contributed by atoms with Crippen LogP contribution in [-0.2, 0) is 9.47 Å². The summed E-state index contributed by atoms with van der Waals surface area (Å²) >= 11 is 3.21. The number of rotatable bonds is 2. The molecule has 0 aromatic heterocycles. The molecule has 0 aliphatic carbocycles. The molecule has 1 radical (unpaired) electrons. The van der Waals surface area contributed by atoms with Gasteiger partial charge in [0.05, 0.1) is 0 Å². The van der Waals surface area contributed by atoms with E-state index in [1.54, 1.807) is 0 Å². The van der Waals surface area contributed by atoms with Crippen molar-refractivity contribution in [2.45, 2.75) is 0 Å². The van der Waals surface area contributed by atoms with Crippen molar-refractivity contribution < 1.29 is 9.47 Å². The van der Waals surface area contributed by atoms with Gasteiger partial charge in [-0.3, -0.25) is 0 Å². The third kappa shape index (κ3) is 3.47. The minimum absolute atomic E-state index is 0. The summed E-state index contributed by atoms with van der Waals surface area (Å²) in [5.41, 5.74) is 2.65. The Morgan fingerprint density at radius 1 is 0.850 bits per heavy atom. The van der Waals surface area contributed by atoms with Crippen molar-refractivity contribution in [3.05, 3.63) is 18.2 Å². The summed E-state index contributed by atoms with van der Waals surface area (Å²) in [6.07, 6.45) is 0. The van der Waals surface area contributed by atoms with E-state index in [0.29, 0.717) is 0 Å². The van der Waals surface area contributed by atoms with E-state index in [4.69, 9.17) is 9.47 Å². The SMILES string of the molecule is P.[Se]c1cccc(N2CCOCC2)c1N1CCOCC1. The predicted molar refractivity (Wildman–Crippen MR) is 89.0 cm³/mol. The number of benzene rings is 1. The van der Waals surface area contributed by atoms with Gasteiger partial charge in [-0.2, -0.15) is 9.90 Å². The maximum atomic E-state index is 5.46. The first kappa shape index (κ1) is 16.1. The van der Waals surface area contributed by atoms with E-state index < -0.39 is 0 Å². The monoisotopic (exact) mass is 361 g/mol. The topological polar surface area (TPSA) is 24.9 Å². The molecular weight excluding hydrogens is 338 g/mol. The van der Waals surface area contributed by atoms with Crippen molar-refractivity contribution in [3.63, 3.8) is 0 Å². The molecule has 111 valence electrons. The van der Waals surface area contributed by atoms with Gasteiger partial charge >= 0.3 is 122 Å². The Balaban J connectivity index is 0.00000147. The fourth-order valence-electron chi connectivity index (χ4n) is 2.67. The van der Waals surface area contributed by atoms with Gasteiger partial charge in [0.2, 0.25) is 0 Å². The molecule has 2 saturated heterocycles. The van der Waals surface area contributed by atoms with Crippen molar-refractivity contribution in [1.82, 2.24) is 0 Å². The molecule has 1 unspecified atom stereocenters. The van der Waals surface area contributed by atoms with Crippen molar-refractivity contribution in [3.8, 4) is 0 Å². The second-order valence-electron chi connectivity index (χ2n) is 4.82. The van der Waals surface area contributed by atoms with Gasteiger partial charge in [0, 0.05) is 0 Å². The summed E-state index contributed by atoms with van der Waals surface area (Å²) in [5, 5.41) is 0. The van der Waals surface area contributed by atoms with E-state index >= 15 is 0 Å². The van der Waals surface area contributed by atoms with Crippen LogP contribution in [0.2, 0.25) is 0 Å². The molecular formula is C14H22N2O2PSe. The Kier molecular flexibility index (Phi) is 6.13. The third-order valence-electron chi connectivity index (χ3n) is 3.66. The zero-order chi connectivity index (χ0) is 13.1. The molecule has 0 amide bonds. The van der Waals surface area contributed by atoms with Crippen LogP contribution in [0.5, 0.6) is 0 Å². The molecule has 0 spiro atoms. The molecule has 1 aromatic carbocycles. The number of morpholine rings is 2. The van der Waals surface area contributed by atoms with Crippen LogP contribution < -0.4 is 14.3 Å². The Bertz CT molecular complexity index is 435. The standard InChI is InChI=1S/C14H19N2O2Se.H3P/c19-13-3-1-2-12(15-4-8-17-9-5-15)14(13)16-6-10-18-11-7-16;/h1-3H,4-11H2;1H3. The fourth-order valence-corrected chi connectivity index (χ4v) is 3.33. The number of nitrogens with zero attached hydrogens (tertiary/aromatic N) is 2. The summed E-state index contributed by atoms with van der Waals surface area (Å²) in [7, 11) is 0. The summed E-state index contributed by atoms with van der Waals surface area (Å²) in [6.45, 7) is 7.15. The van der Waals surface area contributed by atoms with Crippen molar-refractivity contribution >= 4 is 41.7 Å². The van der Waals surface area contributed by atoms with Crippen LogP contribution in [0.4, 0.5) is 11.4 Å². The van der Waals surface area contributed by atoms with Crippen molar-refractivity contribution in [2.75, 3.05) is 62.4 Å². The first-order valence-electron chi connectivity index (χ1n) is 6.81. The summed E-state index contributed by atoms with van der Waals surface area (Å²) < 4.78 is 12.1. The molecule has 2 fully saturated rings. The van der Waals surface area contributed by atoms with E-state index in [1.165, 1.54) is 15.8 Å². The second-order valence-corrected chi connectivity index (χ2v) is 5.75. The summed E-state index contributed by atoms with van der Waals surface area (Å²) in [6, 6.07) is 6.49. The molecule has 1 atom stereocenters. The molecule has 20 heavy (non-hydrogen) atoms. The predicted octanol–water partition coefficient (Wildman–Crippen LogP) is 0.212. The molecule has 0 bridgehead atoms. The maximum absolute atomic E-state index is 5.46. The Morgan fingerprint density at radius 3 is 2.00 bits per heavy atom. The average Bonchev–Trinajstić information content (AvgIpc) is 2.49. The van der Waals surface area contributed by atoms with Gasteiger partial charge in [0.25, 0.3) is 0 Å². The molecule has 0 saturated carbocycles. The minimum atomic E-state index is 0. The zero-order valence-corrected chi connectivity index (χ0v) is 14.8. The molecule has 4 nitrogen and oxygen atoms in total. The van der Waals surface area contributed by atoms with Crippen LogP contribution in [0.3, 0.4) is 0 Å². The molecule has 2 aliphatic heterocycles. The van der Waals surface area contributed by atoms with E-state index in [2.05, 4.69) is 44.0 Å². The zero-order valence-electron chi connectivity index (χ0n) is 11.7. The van der Waals surface area contributed by atoms with Gasteiger partial charge < -0.3 is 0 Å². The number of anilines is 2. The van der Waals surface area contributed by atoms with Gasteiger partial charge in [-0.1, -0.05) is 0 Å². The second kappa shape index (κ2) is 7.63. The number of hydrogen-bond acceptors (Lipinski definition) is 4. The Labute approximate surface area is 132 Å². The molecule has 3 rings (SSSR count). The van der Waals surface area contributed by atoms with E-state index in [0.717, 1.165) is 52.6 Å². The Morgan fingerprint density at radius 2 is 1.40 bits per heavy atom. The summed E-state index contributed by atoms with van der Waals surface area (Å²) in [5.74, 6) is 0. The van der Waals surface area contributed by atoms with Crippen LogP contribution in [0, 0.1) is 0 Å². The van der Waals surface area contributed by atoms with Gasteiger partial charge in [-0.15, -0.1) is 0 Å². The van der Waals surface area contributed by atoms with Crippen LogP contribution in [0.15, 0.2) is 18.2 Å². The van der Waals surface area contributed by atoms with Crippen LogP contribution in [-0.4, -0.2) is 68.6 Å². The molecule has 1 aromatic rings. The fraction of sp³-hybridized carbons (Fsp3) is 0.571. The van der Waals surface area contributed by atoms with Crippen LogP contribution >= 0.6 is 9.90 Å². The first-order valence-corrected chi connectivity index (χ1v) is 7.67. The summed E-state index contributed by atoms with van der Waals surface area (Å²) in [4.78, 5) is 4.86. The van der Waals surface area contributed by atoms with Gasteiger partial charge in [0.15, 0.2) is 0 Å². The average molecular weight is 360 g/mol. The quantitative estimate of drug-likeness (QED) is 0.556. The van der Waals surface area contributed by atoms with Gasteiger partial charge in [-0.05, 0) is 0 Å². The molecule has 0 N–H and O–H groups in total.